The molecule has 0 saturated carbocycles. The number of carbonyl (C=O) groups is 7. The molecular formula is C39H63BN17O7. The Balaban J connectivity index is 0.000000481. The number of nitrogens with zero attached hydrogens (tertiary/aromatic N) is 12. The van der Waals surface area contributed by atoms with E-state index in [1.807, 2.05) is 0 Å². The molecule has 0 saturated heterocycles. The van der Waals surface area contributed by atoms with Gasteiger partial charge in [0.2, 0.25) is 17.7 Å². The van der Waals surface area contributed by atoms with Crippen LogP contribution in [-0.4, -0.2) is 141 Å². The highest BCUT2D eigenvalue weighted by Gasteiger charge is 2.14. The zero-order valence-corrected chi connectivity index (χ0v) is 37.4. The van der Waals surface area contributed by atoms with Crippen LogP contribution < -0.4 is 27.4 Å². The number of nitrogens with two attached hydrogens (primary N) is 2. The number of hydrogen-bond donors (Lipinski definition) is 5. The first-order valence-corrected chi connectivity index (χ1v) is 21.3. The largest absolute Gasteiger partial charge is 0.356 e. The molecule has 3 heterocycles. The van der Waals surface area contributed by atoms with E-state index in [1.165, 1.54) is 33.8 Å². The topological polar surface area (TPSA) is 362 Å². The van der Waals surface area contributed by atoms with Crippen LogP contribution in [0.4, 0.5) is 0 Å². The molecule has 3 rings (SSSR count). The van der Waals surface area contributed by atoms with Crippen LogP contribution in [-0.2, 0) is 52.8 Å². The summed E-state index contributed by atoms with van der Waals surface area (Å²) >= 11 is 0. The van der Waals surface area contributed by atoms with Crippen LogP contribution in [0.1, 0.15) is 121 Å². The van der Waals surface area contributed by atoms with Crippen molar-refractivity contribution < 1.29 is 33.6 Å². The molecule has 3 amide bonds. The molecule has 0 aromatic carbocycles. The number of hydrogen-bond acceptors (Lipinski definition) is 21. The molecule has 3 unspecified atom stereocenters. The second-order valence-electron chi connectivity index (χ2n) is 14.7. The monoisotopic (exact) mass is 893 g/mol. The van der Waals surface area contributed by atoms with Crippen LogP contribution in [0, 0.1) is 12.8 Å². The number of unbranched alkanes of at least 4 members (excludes halogenated alkanes) is 3. The molecule has 0 aliphatic carbocycles. The van der Waals surface area contributed by atoms with E-state index in [9.17, 15) is 33.6 Å². The van der Waals surface area contributed by atoms with Gasteiger partial charge in [0.1, 0.15) is 17.3 Å². The minimum absolute atomic E-state index is 0.000600. The first-order chi connectivity index (χ1) is 30.7. The van der Waals surface area contributed by atoms with Gasteiger partial charge in [-0.15, -0.1) is 61.2 Å². The molecule has 349 valence electrons. The van der Waals surface area contributed by atoms with Gasteiger partial charge >= 0.3 is 0 Å². The molecule has 0 spiro atoms. The fourth-order valence-corrected chi connectivity index (χ4v) is 5.29. The van der Waals surface area contributed by atoms with E-state index >= 15 is 0 Å². The van der Waals surface area contributed by atoms with E-state index in [2.05, 4.69) is 77.1 Å². The smallest absolute Gasteiger partial charge is 0.220 e. The van der Waals surface area contributed by atoms with Crippen LogP contribution in [0.2, 0.25) is 6.32 Å². The van der Waals surface area contributed by atoms with Crippen molar-refractivity contribution >= 4 is 48.5 Å². The quantitative estimate of drug-likeness (QED) is 0.0308. The molecule has 0 fully saturated rings. The summed E-state index contributed by atoms with van der Waals surface area (Å²) in [5.41, 5.74) is 11.2. The summed E-state index contributed by atoms with van der Waals surface area (Å²) in [6, 6.07) is -0.777. The molecule has 1 radical (unpaired) electrons. The lowest BCUT2D eigenvalue weighted by atomic mass is 9.69. The van der Waals surface area contributed by atoms with Crippen LogP contribution in [0.3, 0.4) is 0 Å². The predicted octanol–water partition coefficient (Wildman–Crippen LogP) is -0.884. The number of amides is 3. The molecule has 25 heteroatoms. The molecule has 0 aliphatic heterocycles. The van der Waals surface area contributed by atoms with Gasteiger partial charge in [0.15, 0.2) is 43.2 Å². The lowest BCUT2D eigenvalue weighted by Gasteiger charge is -2.11. The van der Waals surface area contributed by atoms with Crippen LogP contribution in [0.15, 0.2) is 12.7 Å². The van der Waals surface area contributed by atoms with Gasteiger partial charge in [0.25, 0.3) is 0 Å². The second-order valence-corrected chi connectivity index (χ2v) is 14.7. The second kappa shape index (κ2) is 35.4. The number of carbonyl (C=O) groups excluding carboxylic acids is 7. The van der Waals surface area contributed by atoms with Crippen molar-refractivity contribution in [3.05, 3.63) is 36.0 Å². The first-order valence-electron chi connectivity index (χ1n) is 21.3. The summed E-state index contributed by atoms with van der Waals surface area (Å²) in [6.45, 7) is 7.94. The van der Waals surface area contributed by atoms with Gasteiger partial charge in [0.05, 0.1) is 18.3 Å². The zero-order chi connectivity index (χ0) is 47.4. The number of nitrogens with one attached hydrogen (secondary N) is 3. The Morgan fingerprint density at radius 3 is 1.25 bits per heavy atom. The van der Waals surface area contributed by atoms with Crippen molar-refractivity contribution in [1.29, 1.82) is 0 Å². The molecule has 24 nitrogen and oxygen atoms in total. The van der Waals surface area contributed by atoms with Gasteiger partial charge in [-0.2, -0.15) is 0 Å². The van der Waals surface area contributed by atoms with Crippen molar-refractivity contribution in [2.75, 3.05) is 19.6 Å². The van der Waals surface area contributed by atoms with E-state index in [0.717, 1.165) is 51.1 Å². The minimum Gasteiger partial charge on any atom is -0.356 e. The number of rotatable bonds is 30. The van der Waals surface area contributed by atoms with Crippen molar-refractivity contribution in [2.24, 2.45) is 17.4 Å². The normalized spacial score (nSPS) is 11.8. The van der Waals surface area contributed by atoms with Crippen molar-refractivity contribution in [3.8, 4) is 0 Å². The van der Waals surface area contributed by atoms with Crippen LogP contribution >= 0.6 is 0 Å². The summed E-state index contributed by atoms with van der Waals surface area (Å²) in [6.07, 6.45) is 12.7. The highest BCUT2D eigenvalue weighted by Crippen LogP contribution is 2.14. The molecule has 3 aromatic heterocycles. The van der Waals surface area contributed by atoms with Crippen molar-refractivity contribution in [3.63, 3.8) is 0 Å². The Labute approximate surface area is 373 Å². The van der Waals surface area contributed by atoms with Crippen molar-refractivity contribution in [1.82, 2.24) is 77.1 Å². The van der Waals surface area contributed by atoms with E-state index in [4.69, 9.17) is 11.5 Å². The van der Waals surface area contributed by atoms with Crippen LogP contribution in [0.25, 0.3) is 0 Å². The summed E-state index contributed by atoms with van der Waals surface area (Å²) in [5.74, 6) is 1.66. The summed E-state index contributed by atoms with van der Waals surface area (Å²) in [5, 5.41) is 53.0. The van der Waals surface area contributed by atoms with Gasteiger partial charge in [0, 0.05) is 64.1 Å². The molecule has 3 atom stereocenters. The number of Topliss-reactive ketones (excluding diaryl/α,β-unsaturated/α-hetero) is 3. The Morgan fingerprint density at radius 2 is 0.906 bits per heavy atom. The van der Waals surface area contributed by atoms with Gasteiger partial charge < -0.3 is 32.2 Å². The lowest BCUT2D eigenvalue weighted by Crippen LogP contribution is -2.29. The van der Waals surface area contributed by atoms with Gasteiger partial charge in [-0.1, -0.05) is 12.7 Å². The predicted molar refractivity (Wildman–Crippen MR) is 232 cm³/mol. The van der Waals surface area contributed by atoms with Crippen molar-refractivity contribution in [2.45, 2.75) is 142 Å². The SMILES string of the molecule is CC(=O)C(C[B]C=O)CCCCNC(=O)CCc1nncnn1.CC(=O)C(N)CCCCNC(=O)CCc1nnc(C)nn1.CC(=O)C(N)CCCCNC(=O)CCc1nncnn1. The average molecular weight is 893 g/mol. The standard InChI is InChI=1S/C14H21BN5O3.C13H22N6O2.C12H20N6O2/c1-11(22)12(8-15-9-21)4-2-3-7-16-14(23)6-5-13-19-17-10-18-20-13;1-9(20)11(14)5-3-4-8-15-13(21)7-6-12-18-16-10(2)17-19-12;1-9(19)10(13)4-2-3-7-14-12(20)6-5-11-17-15-8-16-18-11/h9-10,12H,2-8H2,1H3,(H,16,23);11H,3-8,14H2,1-2H3,(H,15,21);8,10H,2-7,13H2,1H3,(H,14,20). The third kappa shape index (κ3) is 30.0. The molecule has 3 aromatic rings. The van der Waals surface area contributed by atoms with E-state index in [0.29, 0.717) is 94.2 Å². The first kappa shape index (κ1) is 55.9. The summed E-state index contributed by atoms with van der Waals surface area (Å²) < 4.78 is 0. The lowest BCUT2D eigenvalue weighted by molar-refractivity contribution is -0.122. The number of ketones is 3. The maximum absolute atomic E-state index is 11.7. The molecular weight excluding hydrogens is 829 g/mol. The third-order valence-corrected chi connectivity index (χ3v) is 9.21. The van der Waals surface area contributed by atoms with E-state index in [1.54, 1.807) is 13.8 Å². The summed E-state index contributed by atoms with van der Waals surface area (Å²) in [7, 11) is 1.48. The molecule has 0 aliphatic rings. The van der Waals surface area contributed by atoms with Crippen LogP contribution in [0.5, 0.6) is 0 Å². The number of aryl methyl sites for hydroxylation is 4. The van der Waals surface area contributed by atoms with Gasteiger partial charge in [-0.3, -0.25) is 28.8 Å². The number of aromatic nitrogens is 12. The Bertz CT molecular complexity index is 1800. The fourth-order valence-electron chi connectivity index (χ4n) is 5.29. The minimum atomic E-state index is -0.389. The Morgan fingerprint density at radius 1 is 0.547 bits per heavy atom. The van der Waals surface area contributed by atoms with E-state index in [-0.39, 0.29) is 59.5 Å². The molecule has 7 N–H and O–H groups in total. The fraction of sp³-hybridized carbons (Fsp3) is 0.667. The molecule has 64 heavy (non-hydrogen) atoms. The molecule has 0 bridgehead atoms. The maximum atomic E-state index is 11.7. The Hall–Kier alpha value is -6.11. The Kier molecular flexibility index (Phi) is 30.9. The summed E-state index contributed by atoms with van der Waals surface area (Å²) in [4.78, 5) is 78.4. The van der Waals surface area contributed by atoms with Gasteiger partial charge in [-0.05, 0) is 79.1 Å². The average Bonchev–Trinajstić information content (AvgIpc) is 3.28. The van der Waals surface area contributed by atoms with E-state index < -0.39 is 0 Å². The highest BCUT2D eigenvalue weighted by atomic mass is 16.2. The third-order valence-electron chi connectivity index (χ3n) is 9.21. The highest BCUT2D eigenvalue weighted by molar-refractivity contribution is 6.66. The van der Waals surface area contributed by atoms with Gasteiger partial charge in [-0.25, -0.2) is 0 Å². The maximum Gasteiger partial charge on any atom is 0.220 e. The zero-order valence-electron chi connectivity index (χ0n) is 37.4.